The van der Waals surface area contributed by atoms with Gasteiger partial charge in [-0.05, 0) is 12.1 Å². The predicted molar refractivity (Wildman–Crippen MR) is 55.8 cm³/mol. The van der Waals surface area contributed by atoms with Crippen molar-refractivity contribution in [3.05, 3.63) is 29.8 Å². The van der Waals surface area contributed by atoms with Gasteiger partial charge in [0.1, 0.15) is 5.75 Å². The van der Waals surface area contributed by atoms with E-state index < -0.39 is 12.5 Å². The van der Waals surface area contributed by atoms with Crippen LogP contribution in [-0.4, -0.2) is 25.3 Å². The Hall–Kier alpha value is -2.18. The summed E-state index contributed by atoms with van der Waals surface area (Å²) in [6, 6.07) is 6.03. The van der Waals surface area contributed by atoms with Gasteiger partial charge in [0.15, 0.2) is 6.61 Å². The third-order valence-corrected chi connectivity index (χ3v) is 1.61. The van der Waals surface area contributed by atoms with E-state index in [1.165, 1.54) is 12.1 Å². The molecule has 0 heterocycles. The van der Waals surface area contributed by atoms with Crippen molar-refractivity contribution in [3.63, 3.8) is 0 Å². The number of rotatable bonds is 6. The lowest BCUT2D eigenvalue weighted by molar-refractivity contribution is -0.122. The number of carbonyl (C=O) groups excluding carboxylic acids is 1. The number of nitrogens with zero attached hydrogens (tertiary/aromatic N) is 1. The number of halogens is 2. The van der Waals surface area contributed by atoms with Gasteiger partial charge in [-0.15, -0.1) is 0 Å². The predicted octanol–water partition coefficient (Wildman–Crippen LogP) is 1.12. The van der Waals surface area contributed by atoms with Crippen LogP contribution in [0.15, 0.2) is 29.4 Å². The number of oxime groups is 1. The second kappa shape index (κ2) is 6.41. The third kappa shape index (κ3) is 4.92. The summed E-state index contributed by atoms with van der Waals surface area (Å²) in [6.45, 7) is -3.30. The lowest BCUT2D eigenvalue weighted by Gasteiger charge is -2.06. The Kier molecular flexibility index (Phi) is 4.86. The maximum atomic E-state index is 12.0. The van der Waals surface area contributed by atoms with Crippen molar-refractivity contribution < 1.29 is 23.1 Å². The molecule has 0 bridgehead atoms. The summed E-state index contributed by atoms with van der Waals surface area (Å²) in [4.78, 5) is 14.8. The van der Waals surface area contributed by atoms with Gasteiger partial charge in [-0.3, -0.25) is 4.79 Å². The van der Waals surface area contributed by atoms with Crippen molar-refractivity contribution in [2.45, 2.75) is 6.61 Å². The molecule has 0 saturated heterocycles. The maximum Gasteiger partial charge on any atom is 0.387 e. The number of para-hydroxylation sites is 1. The van der Waals surface area contributed by atoms with E-state index in [2.05, 4.69) is 14.7 Å². The highest BCUT2D eigenvalue weighted by atomic mass is 19.3. The summed E-state index contributed by atoms with van der Waals surface area (Å²) >= 11 is 0. The highest BCUT2D eigenvalue weighted by Gasteiger charge is 2.07. The number of nitrogens with two attached hydrogens (primary N) is 1. The molecule has 1 aromatic rings. The van der Waals surface area contributed by atoms with Gasteiger partial charge in [-0.2, -0.15) is 8.78 Å². The summed E-state index contributed by atoms with van der Waals surface area (Å²) in [5.41, 5.74) is 5.11. The van der Waals surface area contributed by atoms with Gasteiger partial charge >= 0.3 is 6.61 Å². The number of hydrogen-bond donors (Lipinski definition) is 1. The zero-order valence-electron chi connectivity index (χ0n) is 8.68. The molecule has 1 aromatic carbocycles. The van der Waals surface area contributed by atoms with Crippen LogP contribution in [0.2, 0.25) is 0 Å². The standard InChI is InChI=1S/C10H10F2N2O3/c11-10(12)17-8-4-2-1-3-7(8)5-14-16-6-9(13)15/h1-5,10H,6H2,(H2,13,15). The zero-order valence-corrected chi connectivity index (χ0v) is 8.68. The first-order chi connectivity index (χ1) is 8.09. The molecule has 17 heavy (non-hydrogen) atoms. The Balaban J connectivity index is 2.66. The molecule has 0 saturated carbocycles. The highest BCUT2D eigenvalue weighted by molar-refractivity contribution is 5.83. The monoisotopic (exact) mass is 244 g/mol. The average Bonchev–Trinajstić information content (AvgIpc) is 2.25. The van der Waals surface area contributed by atoms with E-state index in [0.717, 1.165) is 6.21 Å². The van der Waals surface area contributed by atoms with Crippen LogP contribution < -0.4 is 10.5 Å². The second-order valence-corrected chi connectivity index (χ2v) is 2.89. The molecule has 0 aromatic heterocycles. The zero-order chi connectivity index (χ0) is 12.7. The first-order valence-electron chi connectivity index (χ1n) is 4.57. The van der Waals surface area contributed by atoms with E-state index in [9.17, 15) is 13.6 Å². The first kappa shape index (κ1) is 12.9. The molecule has 0 fully saturated rings. The van der Waals surface area contributed by atoms with Crippen LogP contribution in [0.3, 0.4) is 0 Å². The van der Waals surface area contributed by atoms with Crippen LogP contribution in [0.4, 0.5) is 8.78 Å². The Morgan fingerprint density at radius 2 is 2.18 bits per heavy atom. The van der Waals surface area contributed by atoms with Gasteiger partial charge in [-0.1, -0.05) is 17.3 Å². The Morgan fingerprint density at radius 1 is 1.47 bits per heavy atom. The van der Waals surface area contributed by atoms with Gasteiger partial charge < -0.3 is 15.3 Å². The summed E-state index contributed by atoms with van der Waals surface area (Å²) in [5.74, 6) is -0.715. The fraction of sp³-hybridized carbons (Fsp3) is 0.200. The molecular weight excluding hydrogens is 234 g/mol. The van der Waals surface area contributed by atoms with E-state index >= 15 is 0 Å². The van der Waals surface area contributed by atoms with Crippen LogP contribution in [-0.2, 0) is 9.63 Å². The van der Waals surface area contributed by atoms with Crippen molar-refractivity contribution in [2.75, 3.05) is 6.61 Å². The molecule has 2 N–H and O–H groups in total. The molecule has 0 atom stereocenters. The van der Waals surface area contributed by atoms with E-state index in [4.69, 9.17) is 5.73 Å². The van der Waals surface area contributed by atoms with Gasteiger partial charge in [-0.25, -0.2) is 0 Å². The van der Waals surface area contributed by atoms with Crippen molar-refractivity contribution >= 4 is 12.1 Å². The van der Waals surface area contributed by atoms with Gasteiger partial charge in [0.25, 0.3) is 5.91 Å². The number of alkyl halides is 2. The van der Waals surface area contributed by atoms with Crippen LogP contribution in [0.5, 0.6) is 5.75 Å². The van der Waals surface area contributed by atoms with E-state index in [-0.39, 0.29) is 12.4 Å². The van der Waals surface area contributed by atoms with E-state index in [1.807, 2.05) is 0 Å². The molecule has 5 nitrogen and oxygen atoms in total. The van der Waals surface area contributed by atoms with E-state index in [0.29, 0.717) is 5.56 Å². The molecule has 0 unspecified atom stereocenters. The summed E-state index contributed by atoms with van der Waals surface area (Å²) in [5, 5.41) is 3.40. The molecule has 0 aliphatic heterocycles. The summed E-state index contributed by atoms with van der Waals surface area (Å²) in [6.07, 6.45) is 1.15. The Labute approximate surface area is 95.8 Å². The normalized spacial score (nSPS) is 10.8. The molecule has 92 valence electrons. The van der Waals surface area contributed by atoms with Gasteiger partial charge in [0, 0.05) is 5.56 Å². The molecule has 1 amide bonds. The summed E-state index contributed by atoms with van der Waals surface area (Å²) in [7, 11) is 0. The Bertz CT molecular complexity index is 410. The van der Waals surface area contributed by atoms with Crippen LogP contribution >= 0.6 is 0 Å². The molecule has 0 aliphatic carbocycles. The maximum absolute atomic E-state index is 12.0. The number of carbonyl (C=O) groups is 1. The molecule has 0 radical (unpaired) electrons. The largest absolute Gasteiger partial charge is 0.434 e. The smallest absolute Gasteiger partial charge is 0.387 e. The fourth-order valence-electron chi connectivity index (χ4n) is 0.985. The number of primary amides is 1. The van der Waals surface area contributed by atoms with Crippen molar-refractivity contribution in [1.82, 2.24) is 0 Å². The quantitative estimate of drug-likeness (QED) is 0.602. The fourth-order valence-corrected chi connectivity index (χ4v) is 0.985. The lowest BCUT2D eigenvalue weighted by Crippen LogP contribution is -2.16. The molecule has 0 aliphatic rings. The van der Waals surface area contributed by atoms with Gasteiger partial charge in [0.2, 0.25) is 0 Å². The molecule has 1 rings (SSSR count). The van der Waals surface area contributed by atoms with E-state index in [1.54, 1.807) is 12.1 Å². The van der Waals surface area contributed by atoms with Crippen LogP contribution in [0.25, 0.3) is 0 Å². The highest BCUT2D eigenvalue weighted by Crippen LogP contribution is 2.18. The first-order valence-corrected chi connectivity index (χ1v) is 4.57. The number of benzene rings is 1. The second-order valence-electron chi connectivity index (χ2n) is 2.89. The topological polar surface area (TPSA) is 73.9 Å². The van der Waals surface area contributed by atoms with Crippen molar-refractivity contribution in [2.24, 2.45) is 10.9 Å². The number of amides is 1. The van der Waals surface area contributed by atoms with Crippen LogP contribution in [0.1, 0.15) is 5.56 Å². The van der Waals surface area contributed by atoms with Crippen molar-refractivity contribution in [1.29, 1.82) is 0 Å². The minimum Gasteiger partial charge on any atom is -0.434 e. The number of ether oxygens (including phenoxy) is 1. The lowest BCUT2D eigenvalue weighted by atomic mass is 10.2. The number of hydrogen-bond acceptors (Lipinski definition) is 4. The average molecular weight is 244 g/mol. The molecular formula is C10H10F2N2O3. The minimum absolute atomic E-state index is 0.0334. The molecule has 7 heteroatoms. The summed E-state index contributed by atoms with van der Waals surface area (Å²) < 4.78 is 28.3. The minimum atomic E-state index is -2.92. The Morgan fingerprint density at radius 3 is 2.82 bits per heavy atom. The SMILES string of the molecule is NC(=O)CON=Cc1ccccc1OC(F)F. The molecule has 0 spiro atoms. The third-order valence-electron chi connectivity index (χ3n) is 1.61. The van der Waals surface area contributed by atoms with Crippen LogP contribution in [0, 0.1) is 0 Å². The van der Waals surface area contributed by atoms with Crippen molar-refractivity contribution in [3.8, 4) is 5.75 Å². The van der Waals surface area contributed by atoms with Gasteiger partial charge in [0.05, 0.1) is 6.21 Å².